The fourth-order valence-corrected chi connectivity index (χ4v) is 1.55. The fraction of sp³-hybridized carbons (Fsp3) is 0.500. The van der Waals surface area contributed by atoms with Gasteiger partial charge in [0.15, 0.2) is 0 Å². The van der Waals surface area contributed by atoms with Gasteiger partial charge in [-0.2, -0.15) is 0 Å². The molecule has 116 valence electrons. The molecule has 1 aromatic rings. The Kier molecular flexibility index (Phi) is 5.54. The Morgan fingerprint density at radius 2 is 1.95 bits per heavy atom. The first-order chi connectivity index (χ1) is 9.58. The fourth-order valence-electron chi connectivity index (χ4n) is 1.39. The number of halogens is 1. The second-order valence-corrected chi connectivity index (χ2v) is 6.02. The van der Waals surface area contributed by atoms with Crippen molar-refractivity contribution in [2.45, 2.75) is 46.3 Å². The van der Waals surface area contributed by atoms with Crippen molar-refractivity contribution in [1.29, 1.82) is 0 Å². The summed E-state index contributed by atoms with van der Waals surface area (Å²) in [6.07, 6.45) is 0.299. The lowest BCUT2D eigenvalue weighted by molar-refractivity contribution is 0.0379. The molecule has 1 N–H and O–H groups in total. The molecule has 0 saturated heterocycles. The lowest BCUT2D eigenvalue weighted by Gasteiger charge is -2.20. The zero-order valence-corrected chi connectivity index (χ0v) is 13.4. The maximum absolute atomic E-state index is 12.0. The summed E-state index contributed by atoms with van der Waals surface area (Å²) in [7, 11) is 0. The van der Waals surface area contributed by atoms with E-state index in [1.54, 1.807) is 34.6 Å². The van der Waals surface area contributed by atoms with Gasteiger partial charge in [0.2, 0.25) is 0 Å². The van der Waals surface area contributed by atoms with Crippen LogP contribution in [0.2, 0.25) is 5.15 Å². The summed E-state index contributed by atoms with van der Waals surface area (Å²) in [5, 5.41) is 2.59. The second kappa shape index (κ2) is 6.76. The molecule has 0 aliphatic heterocycles. The van der Waals surface area contributed by atoms with Crippen LogP contribution in [0.3, 0.4) is 0 Å². The molecule has 1 rings (SSSR count). The molecule has 0 aromatic carbocycles. The van der Waals surface area contributed by atoms with E-state index in [2.05, 4.69) is 10.3 Å². The lowest BCUT2D eigenvalue weighted by atomic mass is 10.2. The van der Waals surface area contributed by atoms with Crippen LogP contribution in [0.5, 0.6) is 0 Å². The Labute approximate surface area is 128 Å². The lowest BCUT2D eigenvalue weighted by Crippen LogP contribution is -2.28. The Morgan fingerprint density at radius 1 is 1.33 bits per heavy atom. The van der Waals surface area contributed by atoms with Crippen molar-refractivity contribution in [1.82, 2.24) is 4.98 Å². The van der Waals surface area contributed by atoms with E-state index in [-0.39, 0.29) is 22.5 Å². The van der Waals surface area contributed by atoms with E-state index in [9.17, 15) is 9.59 Å². The third kappa shape index (κ3) is 5.99. The molecule has 0 fully saturated rings. The third-order valence-electron chi connectivity index (χ3n) is 2.07. The van der Waals surface area contributed by atoms with Gasteiger partial charge in [0, 0.05) is 0 Å². The number of hydrogen-bond donors (Lipinski definition) is 1. The summed E-state index contributed by atoms with van der Waals surface area (Å²) >= 11 is 5.78. The Bertz CT molecular complexity index is 538. The third-order valence-corrected chi connectivity index (χ3v) is 2.28. The smallest absolute Gasteiger partial charge is 0.412 e. The molecule has 0 atom stereocenters. The predicted octanol–water partition coefficient (Wildman–Crippen LogP) is 3.65. The van der Waals surface area contributed by atoms with Crippen molar-refractivity contribution in [2.24, 2.45) is 0 Å². The Hall–Kier alpha value is -1.82. The van der Waals surface area contributed by atoms with Crippen molar-refractivity contribution in [3.8, 4) is 0 Å². The molecule has 0 unspecified atom stereocenters. The summed E-state index contributed by atoms with van der Waals surface area (Å²) < 4.78 is 10.2. The van der Waals surface area contributed by atoms with Crippen LogP contribution in [0, 0.1) is 0 Å². The van der Waals surface area contributed by atoms with Gasteiger partial charge in [-0.3, -0.25) is 5.32 Å². The van der Waals surface area contributed by atoms with E-state index in [1.165, 1.54) is 12.3 Å². The highest BCUT2D eigenvalue weighted by atomic mass is 35.5. The molecule has 0 spiro atoms. The number of nitrogens with zero attached hydrogens (tertiary/aromatic N) is 1. The van der Waals surface area contributed by atoms with Gasteiger partial charge in [-0.25, -0.2) is 14.6 Å². The van der Waals surface area contributed by atoms with Crippen LogP contribution in [0.1, 0.15) is 45.0 Å². The van der Waals surface area contributed by atoms with Gasteiger partial charge in [0.25, 0.3) is 0 Å². The van der Waals surface area contributed by atoms with E-state index in [0.717, 1.165) is 0 Å². The number of anilines is 1. The number of rotatable bonds is 3. The minimum Gasteiger partial charge on any atom is -0.459 e. The molecule has 21 heavy (non-hydrogen) atoms. The summed E-state index contributed by atoms with van der Waals surface area (Å²) in [4.78, 5) is 27.6. The number of carbonyl (C=O) groups is 2. The number of nitrogens with one attached hydrogen (secondary N) is 1. The van der Waals surface area contributed by atoms with Crippen molar-refractivity contribution in [3.05, 3.63) is 23.0 Å². The number of hydrogen-bond acceptors (Lipinski definition) is 5. The molecule has 7 heteroatoms. The predicted molar refractivity (Wildman–Crippen MR) is 79.7 cm³/mol. The Balaban J connectivity index is 2.97. The molecule has 1 amide bonds. The van der Waals surface area contributed by atoms with Crippen LogP contribution in [0.25, 0.3) is 0 Å². The van der Waals surface area contributed by atoms with Crippen LogP contribution in [-0.2, 0) is 9.47 Å². The highest BCUT2D eigenvalue weighted by molar-refractivity contribution is 6.29. The molecule has 0 aliphatic rings. The SMILES string of the molecule is CC(C)OC(=O)c1cc(Cl)ncc1NC(=O)OC(C)(C)C. The number of pyridine rings is 1. The van der Waals surface area contributed by atoms with Crippen molar-refractivity contribution >= 4 is 29.4 Å². The van der Waals surface area contributed by atoms with Gasteiger partial charge in [-0.05, 0) is 40.7 Å². The zero-order valence-electron chi connectivity index (χ0n) is 12.7. The first kappa shape index (κ1) is 17.2. The van der Waals surface area contributed by atoms with Crippen LogP contribution in [0.15, 0.2) is 12.3 Å². The molecular weight excluding hydrogens is 296 g/mol. The van der Waals surface area contributed by atoms with Gasteiger partial charge in [-0.1, -0.05) is 11.6 Å². The standard InChI is InChI=1S/C14H19ClN2O4/c1-8(2)20-12(18)9-6-11(15)16-7-10(9)17-13(19)21-14(3,4)5/h6-8H,1-5H3,(H,17,19). The minimum atomic E-state index is -0.690. The van der Waals surface area contributed by atoms with Gasteiger partial charge in [-0.15, -0.1) is 0 Å². The van der Waals surface area contributed by atoms with Crippen molar-refractivity contribution in [3.63, 3.8) is 0 Å². The highest BCUT2D eigenvalue weighted by Crippen LogP contribution is 2.21. The van der Waals surface area contributed by atoms with Gasteiger partial charge in [0.05, 0.1) is 23.6 Å². The molecule has 6 nitrogen and oxygen atoms in total. The quantitative estimate of drug-likeness (QED) is 0.680. The van der Waals surface area contributed by atoms with Crippen LogP contribution >= 0.6 is 11.6 Å². The van der Waals surface area contributed by atoms with E-state index in [0.29, 0.717) is 0 Å². The van der Waals surface area contributed by atoms with E-state index < -0.39 is 17.7 Å². The molecule has 1 heterocycles. The molecule has 1 aromatic heterocycles. The molecule has 0 radical (unpaired) electrons. The van der Waals surface area contributed by atoms with E-state index in [4.69, 9.17) is 21.1 Å². The Morgan fingerprint density at radius 3 is 2.48 bits per heavy atom. The summed E-state index contributed by atoms with van der Waals surface area (Å²) in [5.41, 5.74) is -0.350. The van der Waals surface area contributed by atoms with Crippen molar-refractivity contribution in [2.75, 3.05) is 5.32 Å². The maximum atomic E-state index is 12.0. The molecular formula is C14H19ClN2O4. The summed E-state index contributed by atoms with van der Waals surface area (Å²) in [5.74, 6) is -0.597. The number of esters is 1. The minimum absolute atomic E-state index is 0.120. The number of amides is 1. The number of aromatic nitrogens is 1. The normalized spacial score (nSPS) is 11.2. The van der Waals surface area contributed by atoms with Gasteiger partial charge < -0.3 is 9.47 Å². The molecule has 0 bridgehead atoms. The monoisotopic (exact) mass is 314 g/mol. The van der Waals surface area contributed by atoms with Crippen molar-refractivity contribution < 1.29 is 19.1 Å². The average Bonchev–Trinajstić information content (AvgIpc) is 2.27. The van der Waals surface area contributed by atoms with E-state index >= 15 is 0 Å². The summed E-state index contributed by atoms with van der Waals surface area (Å²) in [6, 6.07) is 1.33. The second-order valence-electron chi connectivity index (χ2n) is 5.63. The first-order valence-corrected chi connectivity index (χ1v) is 6.83. The summed E-state index contributed by atoms with van der Waals surface area (Å²) in [6.45, 7) is 8.66. The molecule has 0 aliphatic carbocycles. The van der Waals surface area contributed by atoms with Gasteiger partial charge >= 0.3 is 12.1 Å². The van der Waals surface area contributed by atoms with Crippen LogP contribution < -0.4 is 5.32 Å². The zero-order chi connectivity index (χ0) is 16.2. The highest BCUT2D eigenvalue weighted by Gasteiger charge is 2.20. The maximum Gasteiger partial charge on any atom is 0.412 e. The largest absolute Gasteiger partial charge is 0.459 e. The van der Waals surface area contributed by atoms with Crippen LogP contribution in [0.4, 0.5) is 10.5 Å². The van der Waals surface area contributed by atoms with Gasteiger partial charge in [0.1, 0.15) is 10.8 Å². The average molecular weight is 315 g/mol. The van der Waals surface area contributed by atoms with E-state index in [1.807, 2.05) is 0 Å². The molecule has 0 saturated carbocycles. The topological polar surface area (TPSA) is 77.5 Å². The number of carbonyl (C=O) groups excluding carboxylic acids is 2. The number of ether oxygens (including phenoxy) is 2. The first-order valence-electron chi connectivity index (χ1n) is 6.45. The van der Waals surface area contributed by atoms with Crippen LogP contribution in [-0.4, -0.2) is 28.8 Å².